The smallest absolute Gasteiger partial charge is 0.307 e. The molecule has 0 aliphatic rings. The summed E-state index contributed by atoms with van der Waals surface area (Å²) in [7, 11) is 0. The van der Waals surface area contributed by atoms with Crippen molar-refractivity contribution in [2.45, 2.75) is 20.4 Å². The minimum Gasteiger partial charge on any atom is -0.481 e. The molecule has 112 valence electrons. The van der Waals surface area contributed by atoms with Gasteiger partial charge in [-0.2, -0.15) is 0 Å². The van der Waals surface area contributed by atoms with Gasteiger partial charge in [0.2, 0.25) is 11.8 Å². The molecule has 1 heterocycles. The molecule has 6 nitrogen and oxygen atoms in total. The summed E-state index contributed by atoms with van der Waals surface area (Å²) in [6.07, 6.45) is 0. The molecule has 2 aromatic rings. The van der Waals surface area contributed by atoms with E-state index in [0.717, 1.165) is 12.1 Å². The minimum absolute atomic E-state index is 0.429. The van der Waals surface area contributed by atoms with Gasteiger partial charge in [0.1, 0.15) is 0 Å². The van der Waals surface area contributed by atoms with Crippen LogP contribution in [0.15, 0.2) is 34.7 Å². The van der Waals surface area contributed by atoms with Crippen molar-refractivity contribution in [3.05, 3.63) is 36.2 Å². The Morgan fingerprint density at radius 2 is 2.05 bits per heavy atom. The third kappa shape index (κ3) is 4.13. The number of aromatic nitrogens is 2. The molecule has 1 atom stereocenters. The van der Waals surface area contributed by atoms with Gasteiger partial charge in [-0.05, 0) is 18.7 Å². The number of aliphatic carboxylic acids is 1. The molecule has 1 aromatic heterocycles. The Labute approximate surface area is 123 Å². The summed E-state index contributed by atoms with van der Waals surface area (Å²) in [6.45, 7) is 5.29. The van der Waals surface area contributed by atoms with Gasteiger partial charge in [-0.25, -0.2) is 0 Å². The Balaban J connectivity index is 2.02. The van der Waals surface area contributed by atoms with Crippen LogP contribution in [0.25, 0.3) is 11.5 Å². The second-order valence-corrected chi connectivity index (χ2v) is 4.93. The maximum absolute atomic E-state index is 10.9. The van der Waals surface area contributed by atoms with Gasteiger partial charge in [-0.3, -0.25) is 9.69 Å². The van der Waals surface area contributed by atoms with E-state index >= 15 is 0 Å². The molecule has 0 fully saturated rings. The van der Waals surface area contributed by atoms with Crippen molar-refractivity contribution in [1.29, 1.82) is 0 Å². The van der Waals surface area contributed by atoms with E-state index in [-0.39, 0.29) is 0 Å². The van der Waals surface area contributed by atoms with Crippen LogP contribution in [-0.2, 0) is 11.3 Å². The van der Waals surface area contributed by atoms with Gasteiger partial charge in [0.25, 0.3) is 0 Å². The molecule has 0 saturated carbocycles. The molecular weight excluding hydrogens is 270 g/mol. The lowest BCUT2D eigenvalue weighted by atomic mass is 10.2. The van der Waals surface area contributed by atoms with Crippen molar-refractivity contribution >= 4 is 5.97 Å². The first kappa shape index (κ1) is 15.2. The average Bonchev–Trinajstić information content (AvgIpc) is 2.95. The van der Waals surface area contributed by atoms with Crippen LogP contribution in [0.5, 0.6) is 0 Å². The first-order valence-corrected chi connectivity index (χ1v) is 6.93. The first-order chi connectivity index (χ1) is 10.1. The molecule has 1 aromatic carbocycles. The van der Waals surface area contributed by atoms with E-state index in [4.69, 9.17) is 9.52 Å². The molecule has 2 rings (SSSR count). The van der Waals surface area contributed by atoms with Crippen molar-refractivity contribution in [3.8, 4) is 11.5 Å². The van der Waals surface area contributed by atoms with Crippen LogP contribution in [0.3, 0.4) is 0 Å². The van der Waals surface area contributed by atoms with Gasteiger partial charge in [-0.15, -0.1) is 10.2 Å². The van der Waals surface area contributed by atoms with Gasteiger partial charge < -0.3 is 9.52 Å². The molecule has 1 unspecified atom stereocenters. The van der Waals surface area contributed by atoms with Crippen molar-refractivity contribution in [2.24, 2.45) is 5.92 Å². The lowest BCUT2D eigenvalue weighted by Crippen LogP contribution is -2.31. The van der Waals surface area contributed by atoms with Crippen LogP contribution in [-0.4, -0.2) is 39.3 Å². The first-order valence-electron chi connectivity index (χ1n) is 6.93. The number of nitrogens with zero attached hydrogens (tertiary/aromatic N) is 3. The quantitative estimate of drug-likeness (QED) is 0.842. The van der Waals surface area contributed by atoms with E-state index in [1.165, 1.54) is 0 Å². The summed E-state index contributed by atoms with van der Waals surface area (Å²) in [6, 6.07) is 9.55. The van der Waals surface area contributed by atoms with Crippen LogP contribution in [0, 0.1) is 5.92 Å². The SMILES string of the molecule is CCN(Cc1nnc(-c2ccccc2)o1)CC(C)C(=O)O. The van der Waals surface area contributed by atoms with Gasteiger partial charge in [0.05, 0.1) is 12.5 Å². The molecule has 0 saturated heterocycles. The molecule has 0 aliphatic heterocycles. The molecule has 0 radical (unpaired) electrons. The van der Waals surface area contributed by atoms with E-state index in [9.17, 15) is 4.79 Å². The minimum atomic E-state index is -0.802. The van der Waals surface area contributed by atoms with Crippen LogP contribution in [0.4, 0.5) is 0 Å². The summed E-state index contributed by atoms with van der Waals surface area (Å²) in [5, 5.41) is 17.0. The third-order valence-electron chi connectivity index (χ3n) is 3.25. The highest BCUT2D eigenvalue weighted by molar-refractivity contribution is 5.69. The fourth-order valence-electron chi connectivity index (χ4n) is 1.98. The predicted molar refractivity (Wildman–Crippen MR) is 77.5 cm³/mol. The normalized spacial score (nSPS) is 12.5. The number of hydrogen-bond acceptors (Lipinski definition) is 5. The zero-order valence-electron chi connectivity index (χ0n) is 12.2. The molecule has 0 bridgehead atoms. The van der Waals surface area contributed by atoms with E-state index in [1.54, 1.807) is 6.92 Å². The summed E-state index contributed by atoms with van der Waals surface area (Å²) < 4.78 is 5.63. The van der Waals surface area contributed by atoms with Gasteiger partial charge in [-0.1, -0.05) is 32.0 Å². The highest BCUT2D eigenvalue weighted by atomic mass is 16.4. The summed E-state index contributed by atoms with van der Waals surface area (Å²) in [4.78, 5) is 12.9. The topological polar surface area (TPSA) is 79.5 Å². The van der Waals surface area contributed by atoms with E-state index in [1.807, 2.05) is 42.2 Å². The Morgan fingerprint density at radius 1 is 1.33 bits per heavy atom. The zero-order chi connectivity index (χ0) is 15.2. The molecule has 0 amide bonds. The molecular formula is C15H19N3O3. The van der Waals surface area contributed by atoms with E-state index < -0.39 is 11.9 Å². The highest BCUT2D eigenvalue weighted by Gasteiger charge is 2.17. The monoisotopic (exact) mass is 289 g/mol. The van der Waals surface area contributed by atoms with E-state index in [2.05, 4.69) is 10.2 Å². The number of rotatable bonds is 7. The number of benzene rings is 1. The number of hydrogen-bond donors (Lipinski definition) is 1. The Morgan fingerprint density at radius 3 is 2.67 bits per heavy atom. The lowest BCUT2D eigenvalue weighted by Gasteiger charge is -2.20. The number of carbonyl (C=O) groups is 1. The summed E-state index contributed by atoms with van der Waals surface area (Å²) in [5.41, 5.74) is 0.873. The van der Waals surface area contributed by atoms with Gasteiger partial charge in [0, 0.05) is 12.1 Å². The molecule has 1 N–H and O–H groups in total. The maximum atomic E-state index is 10.9. The lowest BCUT2D eigenvalue weighted by molar-refractivity contribution is -0.141. The molecule has 0 spiro atoms. The zero-order valence-corrected chi connectivity index (χ0v) is 12.2. The van der Waals surface area contributed by atoms with Crippen LogP contribution >= 0.6 is 0 Å². The van der Waals surface area contributed by atoms with Crippen molar-refractivity contribution in [3.63, 3.8) is 0 Å². The highest BCUT2D eigenvalue weighted by Crippen LogP contribution is 2.17. The second kappa shape index (κ2) is 6.99. The molecule has 0 aliphatic carbocycles. The number of carboxylic acid groups (broad SMARTS) is 1. The standard InChI is InChI=1S/C15H19N3O3/c1-3-18(9-11(2)15(19)20)10-13-16-17-14(21-13)12-7-5-4-6-8-12/h4-8,11H,3,9-10H2,1-2H3,(H,19,20). The van der Waals surface area contributed by atoms with E-state index in [0.29, 0.717) is 24.9 Å². The van der Waals surface area contributed by atoms with Crippen molar-refractivity contribution in [1.82, 2.24) is 15.1 Å². The van der Waals surface area contributed by atoms with Gasteiger partial charge >= 0.3 is 5.97 Å². The largest absolute Gasteiger partial charge is 0.481 e. The second-order valence-electron chi connectivity index (χ2n) is 4.93. The van der Waals surface area contributed by atoms with Crippen LogP contribution in [0.1, 0.15) is 19.7 Å². The maximum Gasteiger partial charge on any atom is 0.307 e. The van der Waals surface area contributed by atoms with Crippen LogP contribution in [0.2, 0.25) is 0 Å². The number of carboxylic acids is 1. The molecule has 6 heteroatoms. The molecule has 21 heavy (non-hydrogen) atoms. The Hall–Kier alpha value is -2.21. The summed E-state index contributed by atoms with van der Waals surface area (Å²) >= 11 is 0. The Kier molecular flexibility index (Phi) is 5.05. The van der Waals surface area contributed by atoms with Crippen LogP contribution < -0.4 is 0 Å². The predicted octanol–water partition coefficient (Wildman–Crippen LogP) is 2.28. The van der Waals surface area contributed by atoms with Gasteiger partial charge in [0.15, 0.2) is 0 Å². The summed E-state index contributed by atoms with van der Waals surface area (Å²) in [5.74, 6) is -0.258. The fraction of sp³-hybridized carbons (Fsp3) is 0.400. The fourth-order valence-corrected chi connectivity index (χ4v) is 1.98. The third-order valence-corrected chi connectivity index (χ3v) is 3.25. The van der Waals surface area contributed by atoms with Crippen molar-refractivity contribution < 1.29 is 14.3 Å². The average molecular weight is 289 g/mol. The Bertz CT molecular complexity index is 583. The van der Waals surface area contributed by atoms with Crippen molar-refractivity contribution in [2.75, 3.05) is 13.1 Å².